The number of carbonyl (C=O) groups excluding carboxylic acids is 1. The number of rotatable bonds is 3. The second-order valence-corrected chi connectivity index (χ2v) is 5.10. The van der Waals surface area contributed by atoms with Crippen molar-refractivity contribution < 1.29 is 4.79 Å². The molecule has 1 aromatic heterocycles. The van der Waals surface area contributed by atoms with E-state index in [1.165, 1.54) is 5.56 Å². The normalized spacial score (nSPS) is 10.3. The summed E-state index contributed by atoms with van der Waals surface area (Å²) >= 11 is 1.10. The van der Waals surface area contributed by atoms with Crippen LogP contribution < -0.4 is 5.73 Å². The van der Waals surface area contributed by atoms with Gasteiger partial charge in [-0.05, 0) is 12.5 Å². The molecule has 0 atom stereocenters. The minimum Gasteiger partial charge on any atom is -0.374 e. The van der Waals surface area contributed by atoms with E-state index < -0.39 is 0 Å². The Balaban J connectivity index is 2.05. The van der Waals surface area contributed by atoms with Gasteiger partial charge in [-0.25, -0.2) is 0 Å². The van der Waals surface area contributed by atoms with E-state index in [1.54, 1.807) is 11.9 Å². The average Bonchev–Trinajstić information content (AvgIpc) is 2.78. The third kappa shape index (κ3) is 2.84. The number of amides is 1. The van der Waals surface area contributed by atoms with Crippen molar-refractivity contribution in [3.8, 4) is 0 Å². The van der Waals surface area contributed by atoms with Gasteiger partial charge in [0.1, 0.15) is 0 Å². The van der Waals surface area contributed by atoms with Gasteiger partial charge in [0.05, 0.1) is 0 Å². The predicted octanol–water partition coefficient (Wildman–Crippen LogP) is 1.70. The molecule has 18 heavy (non-hydrogen) atoms. The maximum atomic E-state index is 12.0. The second kappa shape index (κ2) is 5.14. The Kier molecular flexibility index (Phi) is 3.57. The first-order valence-electron chi connectivity index (χ1n) is 5.46. The zero-order valence-electron chi connectivity index (χ0n) is 10.3. The number of benzene rings is 1. The minimum absolute atomic E-state index is 0.162. The van der Waals surface area contributed by atoms with Gasteiger partial charge < -0.3 is 10.6 Å². The van der Waals surface area contributed by atoms with E-state index in [9.17, 15) is 4.79 Å². The standard InChI is InChI=1S/C12H14N4OS/c1-8-3-5-9(6-4-8)7-16(2)11(17)10-14-15-12(13)18-10/h3-6H,7H2,1-2H3,(H2,13,15). The van der Waals surface area contributed by atoms with Crippen molar-refractivity contribution in [3.63, 3.8) is 0 Å². The largest absolute Gasteiger partial charge is 0.374 e. The molecule has 94 valence electrons. The van der Waals surface area contributed by atoms with Crippen LogP contribution in [-0.2, 0) is 6.54 Å². The number of aromatic nitrogens is 2. The summed E-state index contributed by atoms with van der Waals surface area (Å²) in [6, 6.07) is 8.06. The molecular weight excluding hydrogens is 248 g/mol. The molecule has 0 bridgehead atoms. The molecule has 0 fully saturated rings. The summed E-state index contributed by atoms with van der Waals surface area (Å²) in [5.74, 6) is -0.162. The van der Waals surface area contributed by atoms with Crippen molar-refractivity contribution in [2.24, 2.45) is 0 Å². The number of nitrogens with two attached hydrogens (primary N) is 1. The van der Waals surface area contributed by atoms with Crippen LogP contribution in [0.4, 0.5) is 5.13 Å². The molecule has 0 spiro atoms. The summed E-state index contributed by atoms with van der Waals surface area (Å²) in [6.07, 6.45) is 0. The highest BCUT2D eigenvalue weighted by Crippen LogP contribution is 2.14. The van der Waals surface area contributed by atoms with E-state index in [0.29, 0.717) is 16.7 Å². The summed E-state index contributed by atoms with van der Waals surface area (Å²) in [7, 11) is 1.74. The number of nitrogen functional groups attached to an aromatic ring is 1. The van der Waals surface area contributed by atoms with E-state index in [2.05, 4.69) is 10.2 Å². The zero-order chi connectivity index (χ0) is 13.1. The van der Waals surface area contributed by atoms with Crippen LogP contribution in [-0.4, -0.2) is 28.1 Å². The van der Waals surface area contributed by atoms with Crippen LogP contribution in [0.3, 0.4) is 0 Å². The lowest BCUT2D eigenvalue weighted by Gasteiger charge is -2.15. The molecule has 5 nitrogen and oxygen atoms in total. The number of carbonyl (C=O) groups is 1. The molecule has 0 saturated carbocycles. The Hall–Kier alpha value is -1.95. The van der Waals surface area contributed by atoms with Crippen LogP contribution in [0.1, 0.15) is 20.9 Å². The van der Waals surface area contributed by atoms with Crippen LogP contribution in [0.15, 0.2) is 24.3 Å². The summed E-state index contributed by atoms with van der Waals surface area (Å²) in [5.41, 5.74) is 7.74. The van der Waals surface area contributed by atoms with Crippen LogP contribution >= 0.6 is 11.3 Å². The fourth-order valence-electron chi connectivity index (χ4n) is 1.52. The summed E-state index contributed by atoms with van der Waals surface area (Å²) in [4.78, 5) is 13.6. The Bertz CT molecular complexity index is 549. The first-order valence-corrected chi connectivity index (χ1v) is 6.28. The minimum atomic E-state index is -0.162. The van der Waals surface area contributed by atoms with Gasteiger partial charge in [0.15, 0.2) is 0 Å². The van der Waals surface area contributed by atoms with Crippen molar-refractivity contribution in [2.45, 2.75) is 13.5 Å². The molecule has 2 rings (SSSR count). The molecule has 0 radical (unpaired) electrons. The molecule has 1 amide bonds. The van der Waals surface area contributed by atoms with Gasteiger partial charge in [0.25, 0.3) is 5.91 Å². The van der Waals surface area contributed by atoms with Crippen LogP contribution in [0.2, 0.25) is 0 Å². The van der Waals surface area contributed by atoms with Crippen LogP contribution in [0.5, 0.6) is 0 Å². The highest BCUT2D eigenvalue weighted by molar-refractivity contribution is 7.16. The first kappa shape index (κ1) is 12.5. The number of anilines is 1. The van der Waals surface area contributed by atoms with E-state index >= 15 is 0 Å². The van der Waals surface area contributed by atoms with E-state index in [-0.39, 0.29) is 5.91 Å². The number of aryl methyl sites for hydroxylation is 1. The third-order valence-corrected chi connectivity index (χ3v) is 3.25. The smallest absolute Gasteiger partial charge is 0.284 e. The Morgan fingerprint density at radius 2 is 2.00 bits per heavy atom. The molecule has 2 aromatic rings. The summed E-state index contributed by atoms with van der Waals surface area (Å²) < 4.78 is 0. The molecule has 0 unspecified atom stereocenters. The van der Waals surface area contributed by atoms with Crippen molar-refractivity contribution in [1.29, 1.82) is 0 Å². The monoisotopic (exact) mass is 262 g/mol. The highest BCUT2D eigenvalue weighted by atomic mass is 32.1. The number of hydrogen-bond acceptors (Lipinski definition) is 5. The molecule has 0 aliphatic rings. The van der Waals surface area contributed by atoms with Gasteiger partial charge >= 0.3 is 0 Å². The zero-order valence-corrected chi connectivity index (χ0v) is 11.1. The predicted molar refractivity (Wildman–Crippen MR) is 71.3 cm³/mol. The van der Waals surface area contributed by atoms with Crippen LogP contribution in [0.25, 0.3) is 0 Å². The lowest BCUT2D eigenvalue weighted by atomic mass is 10.1. The molecule has 0 aliphatic heterocycles. The van der Waals surface area contributed by atoms with Crippen LogP contribution in [0, 0.1) is 6.92 Å². The van der Waals surface area contributed by atoms with Gasteiger partial charge in [-0.2, -0.15) is 0 Å². The summed E-state index contributed by atoms with van der Waals surface area (Å²) in [6.45, 7) is 2.57. The highest BCUT2D eigenvalue weighted by Gasteiger charge is 2.16. The Labute approximate surface area is 109 Å². The van der Waals surface area contributed by atoms with E-state index in [1.807, 2.05) is 31.2 Å². The van der Waals surface area contributed by atoms with Gasteiger partial charge in [-0.15, -0.1) is 10.2 Å². The molecule has 0 saturated heterocycles. The topological polar surface area (TPSA) is 72.1 Å². The fraction of sp³-hybridized carbons (Fsp3) is 0.250. The summed E-state index contributed by atoms with van der Waals surface area (Å²) in [5, 5.41) is 8.01. The molecule has 2 N–H and O–H groups in total. The maximum Gasteiger partial charge on any atom is 0.284 e. The number of hydrogen-bond donors (Lipinski definition) is 1. The lowest BCUT2D eigenvalue weighted by molar-refractivity contribution is 0.0784. The lowest BCUT2D eigenvalue weighted by Crippen LogP contribution is -2.26. The fourth-order valence-corrected chi connectivity index (χ4v) is 2.13. The maximum absolute atomic E-state index is 12.0. The van der Waals surface area contributed by atoms with Gasteiger partial charge in [-0.1, -0.05) is 41.2 Å². The first-order chi connectivity index (χ1) is 8.56. The quantitative estimate of drug-likeness (QED) is 0.913. The second-order valence-electron chi connectivity index (χ2n) is 4.09. The molecule has 6 heteroatoms. The van der Waals surface area contributed by atoms with Gasteiger partial charge in [0.2, 0.25) is 10.1 Å². The Morgan fingerprint density at radius 1 is 1.33 bits per heavy atom. The Morgan fingerprint density at radius 3 is 2.56 bits per heavy atom. The van der Waals surface area contributed by atoms with E-state index in [4.69, 9.17) is 5.73 Å². The molecule has 0 aliphatic carbocycles. The molecule has 1 aromatic carbocycles. The van der Waals surface area contributed by atoms with Crippen molar-refractivity contribution >= 4 is 22.4 Å². The van der Waals surface area contributed by atoms with Crippen molar-refractivity contribution in [2.75, 3.05) is 12.8 Å². The van der Waals surface area contributed by atoms with Crippen molar-refractivity contribution in [1.82, 2.24) is 15.1 Å². The van der Waals surface area contributed by atoms with E-state index in [0.717, 1.165) is 16.9 Å². The van der Waals surface area contributed by atoms with Crippen molar-refractivity contribution in [3.05, 3.63) is 40.4 Å². The average molecular weight is 262 g/mol. The number of nitrogens with zero attached hydrogens (tertiary/aromatic N) is 3. The third-order valence-electron chi connectivity index (χ3n) is 2.51. The SMILES string of the molecule is Cc1ccc(CN(C)C(=O)c2nnc(N)s2)cc1. The van der Waals surface area contributed by atoms with Gasteiger partial charge in [-0.3, -0.25) is 4.79 Å². The molecular formula is C12H14N4OS. The van der Waals surface area contributed by atoms with Gasteiger partial charge in [0, 0.05) is 13.6 Å². The molecule has 1 heterocycles.